The van der Waals surface area contributed by atoms with Crippen LogP contribution in [0.5, 0.6) is 0 Å². The summed E-state index contributed by atoms with van der Waals surface area (Å²) in [6, 6.07) is 1.76. The van der Waals surface area contributed by atoms with Crippen LogP contribution >= 0.6 is 11.3 Å². The molecule has 0 unspecified atom stereocenters. The fourth-order valence-corrected chi connectivity index (χ4v) is 1.43. The number of primary amides is 1. The molecule has 62 valence electrons. The van der Waals surface area contributed by atoms with E-state index in [-0.39, 0.29) is 0 Å². The zero-order valence-corrected chi connectivity index (χ0v) is 7.01. The first kappa shape index (κ1) is 8.67. The number of thiophene rings is 1. The predicted molar refractivity (Wildman–Crippen MR) is 47.9 cm³/mol. The summed E-state index contributed by atoms with van der Waals surface area (Å²) in [7, 11) is 0. The van der Waals surface area contributed by atoms with Gasteiger partial charge in [-0.05, 0) is 23.1 Å². The van der Waals surface area contributed by atoms with E-state index in [1.165, 1.54) is 23.5 Å². The van der Waals surface area contributed by atoms with Gasteiger partial charge >= 0.3 is 0 Å². The highest BCUT2D eigenvalue weighted by Crippen LogP contribution is 2.15. The highest BCUT2D eigenvalue weighted by molar-refractivity contribution is 7.11. The summed E-state index contributed by atoms with van der Waals surface area (Å²) >= 11 is 1.33. The molecule has 1 rings (SSSR count). The Balaban J connectivity index is 2.88. The maximum absolute atomic E-state index is 10.4. The van der Waals surface area contributed by atoms with Gasteiger partial charge in [0.15, 0.2) is 6.29 Å². The molecule has 0 saturated carbocycles. The lowest BCUT2D eigenvalue weighted by atomic mass is 10.2. The average molecular weight is 181 g/mol. The Morgan fingerprint density at radius 3 is 2.92 bits per heavy atom. The number of hydrogen-bond acceptors (Lipinski definition) is 3. The third kappa shape index (κ3) is 2.03. The van der Waals surface area contributed by atoms with Gasteiger partial charge in [0, 0.05) is 6.08 Å². The molecule has 0 spiro atoms. The lowest BCUT2D eigenvalue weighted by molar-refractivity contribution is -0.113. The Hall–Kier alpha value is -1.42. The lowest BCUT2D eigenvalue weighted by Crippen LogP contribution is -2.05. The highest BCUT2D eigenvalue weighted by atomic mass is 32.1. The first-order valence-electron chi connectivity index (χ1n) is 3.24. The maximum atomic E-state index is 10.4. The van der Waals surface area contributed by atoms with E-state index in [0.29, 0.717) is 4.88 Å². The van der Waals surface area contributed by atoms with Gasteiger partial charge in [0.2, 0.25) is 5.91 Å². The van der Waals surface area contributed by atoms with Crippen LogP contribution in [0, 0.1) is 0 Å². The molecule has 12 heavy (non-hydrogen) atoms. The van der Waals surface area contributed by atoms with Crippen LogP contribution < -0.4 is 5.73 Å². The van der Waals surface area contributed by atoms with E-state index in [4.69, 9.17) is 5.73 Å². The Morgan fingerprint density at radius 2 is 2.33 bits per heavy atom. The van der Waals surface area contributed by atoms with Crippen LogP contribution in [-0.4, -0.2) is 12.2 Å². The Morgan fingerprint density at radius 1 is 1.58 bits per heavy atom. The van der Waals surface area contributed by atoms with Crippen LogP contribution in [0.3, 0.4) is 0 Å². The van der Waals surface area contributed by atoms with E-state index in [1.54, 1.807) is 11.4 Å². The molecule has 4 heteroatoms. The van der Waals surface area contributed by atoms with E-state index in [9.17, 15) is 9.59 Å². The number of rotatable bonds is 3. The molecule has 0 aliphatic rings. The molecule has 0 radical (unpaired) electrons. The molecule has 0 atom stereocenters. The molecule has 0 bridgehead atoms. The Bertz CT molecular complexity index is 328. The quantitative estimate of drug-likeness (QED) is 0.560. The topological polar surface area (TPSA) is 60.2 Å². The second-order valence-electron chi connectivity index (χ2n) is 2.09. The molecule has 1 aromatic rings. The van der Waals surface area contributed by atoms with Crippen LogP contribution in [0.4, 0.5) is 0 Å². The minimum Gasteiger partial charge on any atom is -0.366 e. The Kier molecular flexibility index (Phi) is 2.76. The normalized spacial score (nSPS) is 10.3. The predicted octanol–water partition coefficient (Wildman–Crippen LogP) is 1.06. The number of carbonyl (C=O) groups excluding carboxylic acids is 2. The molecule has 1 amide bonds. The van der Waals surface area contributed by atoms with Crippen molar-refractivity contribution in [1.29, 1.82) is 0 Å². The van der Waals surface area contributed by atoms with Gasteiger partial charge in [0.1, 0.15) is 0 Å². The van der Waals surface area contributed by atoms with Crippen molar-refractivity contribution in [3.63, 3.8) is 0 Å². The van der Waals surface area contributed by atoms with Crippen molar-refractivity contribution in [2.45, 2.75) is 0 Å². The van der Waals surface area contributed by atoms with Crippen molar-refractivity contribution < 1.29 is 9.59 Å². The third-order valence-electron chi connectivity index (χ3n) is 1.26. The second-order valence-corrected chi connectivity index (χ2v) is 3.04. The van der Waals surface area contributed by atoms with Crippen molar-refractivity contribution in [2.75, 3.05) is 0 Å². The molecule has 0 aromatic carbocycles. The molecule has 0 saturated heterocycles. The number of nitrogens with two attached hydrogens (primary N) is 1. The number of amides is 1. The van der Waals surface area contributed by atoms with E-state index in [1.807, 2.05) is 0 Å². The summed E-state index contributed by atoms with van der Waals surface area (Å²) in [5, 5.41) is 1.78. The summed E-state index contributed by atoms with van der Waals surface area (Å²) in [6.45, 7) is 0. The van der Waals surface area contributed by atoms with E-state index in [0.717, 1.165) is 11.8 Å². The summed E-state index contributed by atoms with van der Waals surface area (Å²) < 4.78 is 0. The fraction of sp³-hybridized carbons (Fsp3) is 0. The molecule has 0 aliphatic carbocycles. The molecule has 1 aromatic heterocycles. The molecule has 0 fully saturated rings. The van der Waals surface area contributed by atoms with E-state index >= 15 is 0 Å². The minimum atomic E-state index is -0.516. The minimum absolute atomic E-state index is 0.516. The van der Waals surface area contributed by atoms with Crippen LogP contribution in [-0.2, 0) is 4.79 Å². The van der Waals surface area contributed by atoms with Gasteiger partial charge in [-0.3, -0.25) is 9.59 Å². The largest absolute Gasteiger partial charge is 0.366 e. The van der Waals surface area contributed by atoms with Crippen molar-refractivity contribution >= 4 is 29.6 Å². The van der Waals surface area contributed by atoms with Crippen molar-refractivity contribution in [2.24, 2.45) is 5.73 Å². The Labute approximate surface area is 73.5 Å². The monoisotopic (exact) mass is 181 g/mol. The standard InChI is InChI=1S/C8H7NO2S/c9-8(11)2-1-6-3-4-12-7(6)5-10/h1-5H,(H2,9,11). The molecule has 1 heterocycles. The smallest absolute Gasteiger partial charge is 0.241 e. The van der Waals surface area contributed by atoms with Gasteiger partial charge in [-0.1, -0.05) is 0 Å². The van der Waals surface area contributed by atoms with Crippen molar-refractivity contribution in [1.82, 2.24) is 0 Å². The van der Waals surface area contributed by atoms with Crippen LogP contribution in [0.15, 0.2) is 17.5 Å². The van der Waals surface area contributed by atoms with Gasteiger partial charge in [0.05, 0.1) is 4.88 Å². The van der Waals surface area contributed by atoms with Crippen molar-refractivity contribution in [3.8, 4) is 0 Å². The van der Waals surface area contributed by atoms with Gasteiger partial charge in [-0.25, -0.2) is 0 Å². The summed E-state index contributed by atoms with van der Waals surface area (Å²) in [5.41, 5.74) is 5.62. The summed E-state index contributed by atoms with van der Waals surface area (Å²) in [5.74, 6) is -0.516. The number of hydrogen-bond donors (Lipinski definition) is 1. The SMILES string of the molecule is NC(=O)C=Cc1ccsc1C=O. The molecule has 3 nitrogen and oxygen atoms in total. The third-order valence-corrected chi connectivity index (χ3v) is 2.12. The zero-order valence-electron chi connectivity index (χ0n) is 6.19. The molecular formula is C8H7NO2S. The second kappa shape index (κ2) is 3.82. The molecular weight excluding hydrogens is 174 g/mol. The number of carbonyl (C=O) groups is 2. The molecule has 2 N–H and O–H groups in total. The van der Waals surface area contributed by atoms with Crippen LogP contribution in [0.25, 0.3) is 6.08 Å². The van der Waals surface area contributed by atoms with Crippen LogP contribution in [0.2, 0.25) is 0 Å². The average Bonchev–Trinajstić information content (AvgIpc) is 2.47. The summed E-state index contributed by atoms with van der Waals surface area (Å²) in [4.78, 5) is 21.3. The number of aldehydes is 1. The van der Waals surface area contributed by atoms with E-state index < -0.39 is 5.91 Å². The van der Waals surface area contributed by atoms with Crippen LogP contribution in [0.1, 0.15) is 15.2 Å². The van der Waals surface area contributed by atoms with Gasteiger partial charge in [0.25, 0.3) is 0 Å². The zero-order chi connectivity index (χ0) is 8.97. The lowest BCUT2D eigenvalue weighted by Gasteiger charge is -1.85. The summed E-state index contributed by atoms with van der Waals surface area (Å²) in [6.07, 6.45) is 3.52. The van der Waals surface area contributed by atoms with Gasteiger partial charge in [-0.2, -0.15) is 0 Å². The first-order valence-corrected chi connectivity index (χ1v) is 4.12. The fourth-order valence-electron chi connectivity index (χ4n) is 0.736. The highest BCUT2D eigenvalue weighted by Gasteiger charge is 1.98. The van der Waals surface area contributed by atoms with Gasteiger partial charge < -0.3 is 5.73 Å². The van der Waals surface area contributed by atoms with Gasteiger partial charge in [-0.15, -0.1) is 11.3 Å². The first-order chi connectivity index (χ1) is 5.74. The molecule has 0 aliphatic heterocycles. The van der Waals surface area contributed by atoms with Crippen molar-refractivity contribution in [3.05, 3.63) is 28.0 Å². The maximum Gasteiger partial charge on any atom is 0.241 e. The van der Waals surface area contributed by atoms with E-state index in [2.05, 4.69) is 0 Å².